The number of nitrogens with zero attached hydrogens (tertiary/aromatic N) is 1. The van der Waals surface area contributed by atoms with E-state index in [4.69, 9.17) is 9.47 Å². The Morgan fingerprint density at radius 1 is 1.38 bits per heavy atom. The first-order valence-electron chi connectivity index (χ1n) is 6.42. The van der Waals surface area contributed by atoms with E-state index in [1.807, 2.05) is 0 Å². The van der Waals surface area contributed by atoms with Gasteiger partial charge in [0.1, 0.15) is 6.61 Å². The molecular weight excluding hydrogens is 294 g/mol. The fourth-order valence-electron chi connectivity index (χ4n) is 2.24. The smallest absolute Gasteiger partial charge is 0.408 e. The Hall–Kier alpha value is -1.89. The number of ether oxygens (including phenoxy) is 2. The molecule has 0 bridgehead atoms. The van der Waals surface area contributed by atoms with E-state index in [9.17, 15) is 14.7 Å². The van der Waals surface area contributed by atoms with Crippen molar-refractivity contribution in [1.82, 2.24) is 4.90 Å². The van der Waals surface area contributed by atoms with Crippen molar-refractivity contribution in [3.05, 3.63) is 24.3 Å². The van der Waals surface area contributed by atoms with Crippen molar-refractivity contribution in [2.45, 2.75) is 11.8 Å². The van der Waals surface area contributed by atoms with Crippen LogP contribution in [0.4, 0.5) is 4.79 Å². The molecule has 0 spiro atoms. The highest BCUT2D eigenvalue weighted by Crippen LogP contribution is 2.38. The van der Waals surface area contributed by atoms with E-state index in [1.165, 1.54) is 25.8 Å². The average molecular weight is 311 g/mol. The third-order valence-electron chi connectivity index (χ3n) is 3.37. The third-order valence-corrected chi connectivity index (χ3v) is 4.86. The van der Waals surface area contributed by atoms with Crippen LogP contribution in [-0.4, -0.2) is 52.8 Å². The quantitative estimate of drug-likeness (QED) is 0.897. The van der Waals surface area contributed by atoms with E-state index in [0.29, 0.717) is 23.8 Å². The number of carbonyl (C=O) groups excluding carboxylic acids is 1. The van der Waals surface area contributed by atoms with Crippen molar-refractivity contribution in [3.8, 4) is 11.5 Å². The predicted molar refractivity (Wildman–Crippen MR) is 79.1 cm³/mol. The Labute approximate surface area is 127 Å². The van der Waals surface area contributed by atoms with Gasteiger partial charge in [-0.1, -0.05) is 12.1 Å². The van der Waals surface area contributed by atoms with Crippen LogP contribution in [0.3, 0.4) is 0 Å². The lowest BCUT2D eigenvalue weighted by atomic mass is 10.2. The lowest BCUT2D eigenvalue weighted by Crippen LogP contribution is -2.53. The zero-order valence-corrected chi connectivity index (χ0v) is 12.7. The largest absolute Gasteiger partial charge is 0.493 e. The molecule has 1 aromatic rings. The molecule has 0 saturated carbocycles. The molecule has 21 heavy (non-hydrogen) atoms. The molecule has 1 N–H and O–H groups in total. The van der Waals surface area contributed by atoms with Gasteiger partial charge in [-0.2, -0.15) is 0 Å². The van der Waals surface area contributed by atoms with Crippen molar-refractivity contribution in [2.75, 3.05) is 26.0 Å². The molecule has 7 heteroatoms. The van der Waals surface area contributed by atoms with Gasteiger partial charge < -0.3 is 14.6 Å². The van der Waals surface area contributed by atoms with E-state index in [2.05, 4.69) is 0 Å². The summed E-state index contributed by atoms with van der Waals surface area (Å²) in [4.78, 5) is 23.3. The molecule has 0 radical (unpaired) electrons. The number of benzene rings is 1. The maximum absolute atomic E-state index is 12.0. The van der Waals surface area contributed by atoms with Crippen LogP contribution in [0.2, 0.25) is 0 Å². The molecule has 1 aromatic carbocycles. The van der Waals surface area contributed by atoms with E-state index in [-0.39, 0.29) is 12.4 Å². The summed E-state index contributed by atoms with van der Waals surface area (Å²) >= 11 is 1.30. The Bertz CT molecular complexity index is 550. The molecule has 0 aliphatic carbocycles. The molecule has 1 aliphatic heterocycles. The van der Waals surface area contributed by atoms with Crippen molar-refractivity contribution < 1.29 is 24.2 Å². The fraction of sp³-hybridized carbons (Fsp3) is 0.429. The van der Waals surface area contributed by atoms with Gasteiger partial charge in [0.2, 0.25) is 0 Å². The van der Waals surface area contributed by atoms with E-state index in [0.717, 1.165) is 4.90 Å². The summed E-state index contributed by atoms with van der Waals surface area (Å²) in [5.41, 5.74) is 0. The lowest BCUT2D eigenvalue weighted by Gasteiger charge is -2.33. The summed E-state index contributed by atoms with van der Waals surface area (Å²) in [6, 6.07) is 7.05. The number of hydrogen-bond acceptors (Lipinski definition) is 5. The van der Waals surface area contributed by atoms with Crippen molar-refractivity contribution in [2.24, 2.45) is 0 Å². The van der Waals surface area contributed by atoms with Gasteiger partial charge in [0.05, 0.1) is 7.11 Å². The van der Waals surface area contributed by atoms with E-state index < -0.39 is 11.0 Å². The van der Waals surface area contributed by atoms with Gasteiger partial charge in [0, 0.05) is 12.3 Å². The minimum Gasteiger partial charge on any atom is -0.493 e. The minimum atomic E-state index is -1.19. The van der Waals surface area contributed by atoms with Crippen molar-refractivity contribution >= 4 is 23.6 Å². The van der Waals surface area contributed by atoms with Gasteiger partial charge >= 0.3 is 6.09 Å². The summed E-state index contributed by atoms with van der Waals surface area (Å²) in [6.07, 6.45) is -1.11. The molecule has 6 nitrogen and oxygen atoms in total. The van der Waals surface area contributed by atoms with Gasteiger partial charge in [0.15, 0.2) is 22.2 Å². The topological polar surface area (TPSA) is 76.1 Å². The van der Waals surface area contributed by atoms with Crippen LogP contribution in [-0.2, 0) is 4.79 Å². The van der Waals surface area contributed by atoms with Crippen LogP contribution in [0.25, 0.3) is 0 Å². The highest BCUT2D eigenvalue weighted by atomic mass is 32.2. The summed E-state index contributed by atoms with van der Waals surface area (Å²) in [5.74, 6) is 1.36. The number of rotatable bonds is 5. The number of thioether (sulfide) groups is 1. The molecule has 0 unspecified atom stereocenters. The summed E-state index contributed by atoms with van der Waals surface area (Å²) < 4.78 is 10.9. The normalized spacial score (nSPS) is 21.1. The van der Waals surface area contributed by atoms with Crippen LogP contribution in [0.5, 0.6) is 11.5 Å². The standard InChI is InChI=1S/C14H17NO5S/c1-10(16)14(15(13(17)18)7-8-21-14)9-20-12-6-4-3-5-11(12)19-2/h3-6H,7-9H2,1-2H3,(H,17,18)/t14-/m1/s1. The number of carboxylic acid groups (broad SMARTS) is 1. The third kappa shape index (κ3) is 2.92. The zero-order valence-electron chi connectivity index (χ0n) is 11.9. The van der Waals surface area contributed by atoms with E-state index in [1.54, 1.807) is 24.3 Å². The summed E-state index contributed by atoms with van der Waals surface area (Å²) in [7, 11) is 1.52. The SMILES string of the molecule is COc1ccccc1OC[C@]1(C(C)=O)SCCN1C(=O)O. The highest BCUT2D eigenvalue weighted by Gasteiger charge is 2.49. The number of carbonyl (C=O) groups is 2. The van der Waals surface area contributed by atoms with Crippen LogP contribution < -0.4 is 9.47 Å². The van der Waals surface area contributed by atoms with Gasteiger partial charge in [-0.25, -0.2) is 4.79 Å². The minimum absolute atomic E-state index is 0.0420. The van der Waals surface area contributed by atoms with Gasteiger partial charge in [0.25, 0.3) is 0 Å². The number of para-hydroxylation sites is 2. The number of Topliss-reactive ketones (excluding diaryl/α,β-unsaturated/α-hetero) is 1. The molecular formula is C14H17NO5S. The second-order valence-electron chi connectivity index (χ2n) is 4.56. The molecule has 1 fully saturated rings. The van der Waals surface area contributed by atoms with E-state index >= 15 is 0 Å². The Kier molecular flexibility index (Phi) is 4.62. The van der Waals surface area contributed by atoms with Crippen LogP contribution in [0.15, 0.2) is 24.3 Å². The molecule has 0 aromatic heterocycles. The summed E-state index contributed by atoms with van der Waals surface area (Å²) in [6.45, 7) is 1.66. The molecule has 1 saturated heterocycles. The molecule has 1 atom stereocenters. The van der Waals surface area contributed by atoms with Gasteiger partial charge in [-0.15, -0.1) is 11.8 Å². The molecule has 114 valence electrons. The van der Waals surface area contributed by atoms with Gasteiger partial charge in [-0.3, -0.25) is 9.69 Å². The van der Waals surface area contributed by atoms with Gasteiger partial charge in [-0.05, 0) is 19.1 Å². The average Bonchev–Trinajstić information content (AvgIpc) is 2.91. The summed E-state index contributed by atoms with van der Waals surface area (Å²) in [5, 5.41) is 9.28. The monoisotopic (exact) mass is 311 g/mol. The lowest BCUT2D eigenvalue weighted by molar-refractivity contribution is -0.123. The Balaban J connectivity index is 2.21. The Morgan fingerprint density at radius 3 is 2.62 bits per heavy atom. The molecule has 2 rings (SSSR count). The number of amides is 1. The first kappa shape index (κ1) is 15.5. The fourth-order valence-corrected chi connectivity index (χ4v) is 3.52. The first-order valence-corrected chi connectivity index (χ1v) is 7.41. The second-order valence-corrected chi connectivity index (χ2v) is 5.94. The number of hydrogen-bond donors (Lipinski definition) is 1. The zero-order chi connectivity index (χ0) is 15.5. The molecule has 1 amide bonds. The maximum atomic E-state index is 12.0. The van der Waals surface area contributed by atoms with Crippen molar-refractivity contribution in [3.63, 3.8) is 0 Å². The maximum Gasteiger partial charge on any atom is 0.408 e. The first-order chi connectivity index (χ1) is 10.0. The highest BCUT2D eigenvalue weighted by molar-refractivity contribution is 8.01. The predicted octanol–water partition coefficient (Wildman–Crippen LogP) is 2.09. The molecule has 1 aliphatic rings. The second kappa shape index (κ2) is 6.26. The van der Waals surface area contributed by atoms with Crippen LogP contribution >= 0.6 is 11.8 Å². The Morgan fingerprint density at radius 2 is 2.05 bits per heavy atom. The number of ketones is 1. The van der Waals surface area contributed by atoms with Crippen LogP contribution in [0.1, 0.15) is 6.92 Å². The van der Waals surface area contributed by atoms with Crippen LogP contribution in [0, 0.1) is 0 Å². The van der Waals surface area contributed by atoms with Crippen molar-refractivity contribution in [1.29, 1.82) is 0 Å². The number of methoxy groups -OCH3 is 1. The molecule has 1 heterocycles.